The summed E-state index contributed by atoms with van der Waals surface area (Å²) in [6, 6.07) is 33.8. The summed E-state index contributed by atoms with van der Waals surface area (Å²) in [5.74, 6) is 0.830. The molecule has 1 atom stereocenters. The van der Waals surface area contributed by atoms with Crippen molar-refractivity contribution in [1.82, 2.24) is 10.2 Å². The van der Waals surface area contributed by atoms with Gasteiger partial charge in [-0.2, -0.15) is 0 Å². The van der Waals surface area contributed by atoms with Crippen LogP contribution in [0.2, 0.25) is 0 Å². The minimum absolute atomic E-state index is 0.0418. The maximum Gasteiger partial charge on any atom is 0.237 e. The van der Waals surface area contributed by atoms with Crippen LogP contribution in [0, 0.1) is 0 Å². The zero-order chi connectivity index (χ0) is 21.3. The van der Waals surface area contributed by atoms with Gasteiger partial charge in [-0.3, -0.25) is 10.1 Å². The summed E-state index contributed by atoms with van der Waals surface area (Å²) in [5.41, 5.74) is 3.28. The van der Waals surface area contributed by atoms with Gasteiger partial charge in [0.15, 0.2) is 0 Å². The molecule has 4 aromatic rings. The Morgan fingerprint density at radius 1 is 0.742 bits per heavy atom. The maximum absolute atomic E-state index is 13.3. The average Bonchev–Trinajstić information content (AvgIpc) is 3.35. The number of rotatable bonds is 9. The first-order valence-corrected chi connectivity index (χ1v) is 10.5. The Hall–Kier alpha value is -3.63. The minimum Gasteiger partial charge on any atom is -0.467 e. The van der Waals surface area contributed by atoms with E-state index in [1.54, 1.807) is 6.26 Å². The standard InChI is InChI=1S/C27H26N2O2/c30-26(19-28-27(25-17-10-18-31-25)24-15-8-3-9-16-24)29(20-22-11-4-1-5-12-22)21-23-13-6-2-7-14-23/h1-18,27-28H,19-21H2/t27-/m0/s1. The number of nitrogens with one attached hydrogen (secondary N) is 1. The van der Waals surface area contributed by atoms with Gasteiger partial charge in [0.2, 0.25) is 5.91 Å². The molecule has 4 rings (SSSR count). The molecule has 0 fully saturated rings. The van der Waals surface area contributed by atoms with Crippen LogP contribution in [0.1, 0.15) is 28.5 Å². The Kier molecular flexibility index (Phi) is 6.93. The molecule has 31 heavy (non-hydrogen) atoms. The van der Waals surface area contributed by atoms with Crippen LogP contribution in [0.5, 0.6) is 0 Å². The number of amides is 1. The summed E-state index contributed by atoms with van der Waals surface area (Å²) in [6.45, 7) is 1.33. The number of hydrogen-bond donors (Lipinski definition) is 1. The zero-order valence-corrected chi connectivity index (χ0v) is 17.4. The number of carbonyl (C=O) groups is 1. The number of furan rings is 1. The molecule has 0 radical (unpaired) electrons. The summed E-state index contributed by atoms with van der Waals surface area (Å²) in [7, 11) is 0. The van der Waals surface area contributed by atoms with Gasteiger partial charge in [0.05, 0.1) is 18.8 Å². The maximum atomic E-state index is 13.3. The predicted molar refractivity (Wildman–Crippen MR) is 122 cm³/mol. The van der Waals surface area contributed by atoms with Crippen molar-refractivity contribution in [2.24, 2.45) is 0 Å². The lowest BCUT2D eigenvalue weighted by molar-refractivity contribution is -0.131. The van der Waals surface area contributed by atoms with Crippen molar-refractivity contribution >= 4 is 5.91 Å². The summed E-state index contributed by atoms with van der Waals surface area (Å²) < 4.78 is 5.65. The molecule has 156 valence electrons. The first-order chi connectivity index (χ1) is 15.3. The third-order valence-electron chi connectivity index (χ3n) is 5.20. The van der Waals surface area contributed by atoms with E-state index in [0.717, 1.165) is 22.5 Å². The highest BCUT2D eigenvalue weighted by molar-refractivity contribution is 5.78. The van der Waals surface area contributed by atoms with E-state index >= 15 is 0 Å². The van der Waals surface area contributed by atoms with E-state index in [2.05, 4.69) is 5.32 Å². The normalized spacial score (nSPS) is 11.7. The second-order valence-electron chi connectivity index (χ2n) is 7.46. The Morgan fingerprint density at radius 3 is 1.81 bits per heavy atom. The Labute approximate surface area is 183 Å². The molecule has 1 N–H and O–H groups in total. The summed E-state index contributed by atoms with van der Waals surface area (Å²) in [4.78, 5) is 15.2. The highest BCUT2D eigenvalue weighted by Crippen LogP contribution is 2.22. The van der Waals surface area contributed by atoms with E-state index in [4.69, 9.17) is 4.42 Å². The van der Waals surface area contributed by atoms with Gasteiger partial charge >= 0.3 is 0 Å². The van der Waals surface area contributed by atoms with Crippen LogP contribution in [0.4, 0.5) is 0 Å². The van der Waals surface area contributed by atoms with E-state index in [-0.39, 0.29) is 18.5 Å². The van der Waals surface area contributed by atoms with Crippen molar-refractivity contribution in [2.45, 2.75) is 19.1 Å². The second kappa shape index (κ2) is 10.4. The predicted octanol–water partition coefficient (Wildman–Crippen LogP) is 5.19. The van der Waals surface area contributed by atoms with Crippen LogP contribution in [-0.4, -0.2) is 17.4 Å². The third kappa shape index (κ3) is 5.71. The van der Waals surface area contributed by atoms with Crippen LogP contribution in [0.15, 0.2) is 114 Å². The molecule has 4 nitrogen and oxygen atoms in total. The fourth-order valence-electron chi connectivity index (χ4n) is 3.62. The van der Waals surface area contributed by atoms with E-state index in [9.17, 15) is 4.79 Å². The topological polar surface area (TPSA) is 45.5 Å². The zero-order valence-electron chi connectivity index (χ0n) is 17.4. The molecule has 0 bridgehead atoms. The van der Waals surface area contributed by atoms with E-state index < -0.39 is 0 Å². The summed E-state index contributed by atoms with van der Waals surface area (Å²) in [6.07, 6.45) is 1.66. The number of nitrogens with zero attached hydrogens (tertiary/aromatic N) is 1. The number of benzene rings is 3. The van der Waals surface area contributed by atoms with Gasteiger partial charge in [0.25, 0.3) is 0 Å². The smallest absolute Gasteiger partial charge is 0.237 e. The van der Waals surface area contributed by atoms with Gasteiger partial charge in [-0.1, -0.05) is 91.0 Å². The van der Waals surface area contributed by atoms with Crippen molar-refractivity contribution in [2.75, 3.05) is 6.54 Å². The summed E-state index contributed by atoms with van der Waals surface area (Å²) >= 11 is 0. The van der Waals surface area contributed by atoms with Gasteiger partial charge in [0, 0.05) is 13.1 Å². The lowest BCUT2D eigenvalue weighted by Crippen LogP contribution is -2.38. The molecule has 4 heteroatoms. The van der Waals surface area contributed by atoms with E-state index in [0.29, 0.717) is 13.1 Å². The van der Waals surface area contributed by atoms with Crippen molar-refractivity contribution in [3.63, 3.8) is 0 Å². The largest absolute Gasteiger partial charge is 0.467 e. The Balaban J connectivity index is 1.50. The van der Waals surface area contributed by atoms with Gasteiger partial charge in [-0.25, -0.2) is 0 Å². The lowest BCUT2D eigenvalue weighted by Gasteiger charge is -2.25. The molecular weight excluding hydrogens is 384 g/mol. The average molecular weight is 411 g/mol. The van der Waals surface area contributed by atoms with Crippen LogP contribution in [0.25, 0.3) is 0 Å². The molecule has 0 spiro atoms. The second-order valence-corrected chi connectivity index (χ2v) is 7.46. The molecule has 0 aliphatic rings. The fourth-order valence-corrected chi connectivity index (χ4v) is 3.62. The molecule has 1 heterocycles. The molecule has 0 aliphatic heterocycles. The Bertz CT molecular complexity index is 1010. The van der Waals surface area contributed by atoms with Gasteiger partial charge in [-0.05, 0) is 28.8 Å². The molecule has 1 amide bonds. The number of hydrogen-bond acceptors (Lipinski definition) is 3. The molecule has 1 aromatic heterocycles. The summed E-state index contributed by atoms with van der Waals surface area (Å²) in [5, 5.41) is 3.41. The van der Waals surface area contributed by atoms with Crippen molar-refractivity contribution in [1.29, 1.82) is 0 Å². The molecule has 0 unspecified atom stereocenters. The highest BCUT2D eigenvalue weighted by Gasteiger charge is 2.20. The van der Waals surface area contributed by atoms with Crippen LogP contribution in [0.3, 0.4) is 0 Å². The van der Waals surface area contributed by atoms with Gasteiger partial charge in [0.1, 0.15) is 5.76 Å². The first-order valence-electron chi connectivity index (χ1n) is 10.5. The number of carbonyl (C=O) groups excluding carboxylic acids is 1. The SMILES string of the molecule is O=C(CN[C@@H](c1ccccc1)c1ccco1)N(Cc1ccccc1)Cc1ccccc1. The van der Waals surface area contributed by atoms with Crippen LogP contribution < -0.4 is 5.32 Å². The van der Waals surface area contributed by atoms with Crippen LogP contribution in [-0.2, 0) is 17.9 Å². The highest BCUT2D eigenvalue weighted by atomic mass is 16.3. The van der Waals surface area contributed by atoms with Crippen molar-refractivity contribution in [3.05, 3.63) is 132 Å². The van der Waals surface area contributed by atoms with Crippen molar-refractivity contribution in [3.8, 4) is 0 Å². The fraction of sp³-hybridized carbons (Fsp3) is 0.148. The molecule has 0 saturated heterocycles. The lowest BCUT2D eigenvalue weighted by atomic mass is 10.0. The van der Waals surface area contributed by atoms with Gasteiger partial charge < -0.3 is 9.32 Å². The van der Waals surface area contributed by atoms with Crippen molar-refractivity contribution < 1.29 is 9.21 Å². The molecule has 0 aliphatic carbocycles. The van der Waals surface area contributed by atoms with Crippen LogP contribution >= 0.6 is 0 Å². The quantitative estimate of drug-likeness (QED) is 0.413. The Morgan fingerprint density at radius 2 is 1.29 bits per heavy atom. The third-order valence-corrected chi connectivity index (χ3v) is 5.20. The van der Waals surface area contributed by atoms with Gasteiger partial charge in [-0.15, -0.1) is 0 Å². The van der Waals surface area contributed by atoms with E-state index in [1.165, 1.54) is 0 Å². The molecule has 3 aromatic carbocycles. The minimum atomic E-state index is -0.185. The monoisotopic (exact) mass is 410 g/mol. The first kappa shape index (κ1) is 20.6. The molecule has 0 saturated carbocycles. The van der Waals surface area contributed by atoms with E-state index in [1.807, 2.05) is 108 Å². The molecular formula is C27H26N2O2.